The van der Waals surface area contributed by atoms with E-state index in [2.05, 4.69) is 10.4 Å². The van der Waals surface area contributed by atoms with Crippen LogP contribution in [0.5, 0.6) is 0 Å². The molecule has 1 aromatic rings. The van der Waals surface area contributed by atoms with Gasteiger partial charge >= 0.3 is 6.09 Å². The normalized spacial score (nSPS) is 12.9. The minimum absolute atomic E-state index is 0.596. The Balaban J connectivity index is 2.77. The van der Waals surface area contributed by atoms with E-state index in [0.29, 0.717) is 17.5 Å². The molecule has 6 heteroatoms. The van der Waals surface area contributed by atoms with Gasteiger partial charge in [-0.3, -0.25) is 4.68 Å². The van der Waals surface area contributed by atoms with Crippen molar-refractivity contribution in [3.63, 3.8) is 0 Å². The third kappa shape index (κ3) is 3.87. The van der Waals surface area contributed by atoms with Crippen LogP contribution in [-0.4, -0.2) is 27.8 Å². The van der Waals surface area contributed by atoms with Crippen LogP contribution in [0.1, 0.15) is 38.1 Å². The molecular formula is C12H19N3O3. The summed E-state index contributed by atoms with van der Waals surface area (Å²) in [6.45, 7) is 7.07. The lowest BCUT2D eigenvalue weighted by Crippen LogP contribution is -2.35. The van der Waals surface area contributed by atoms with E-state index < -0.39 is 17.7 Å². The van der Waals surface area contributed by atoms with Crippen molar-refractivity contribution in [3.05, 3.63) is 17.5 Å². The third-order valence-electron chi connectivity index (χ3n) is 2.19. The van der Waals surface area contributed by atoms with Gasteiger partial charge in [0.2, 0.25) is 0 Å². The molecule has 0 aromatic carbocycles. The predicted octanol–water partition coefficient (Wildman–Crippen LogP) is 1.49. The van der Waals surface area contributed by atoms with E-state index in [9.17, 15) is 9.59 Å². The molecule has 0 saturated heterocycles. The Morgan fingerprint density at radius 2 is 2.17 bits per heavy atom. The maximum atomic E-state index is 11.6. The number of ether oxygens (including phenoxy) is 1. The van der Waals surface area contributed by atoms with Crippen molar-refractivity contribution in [2.75, 3.05) is 0 Å². The monoisotopic (exact) mass is 253 g/mol. The van der Waals surface area contributed by atoms with E-state index in [4.69, 9.17) is 4.74 Å². The van der Waals surface area contributed by atoms with Crippen molar-refractivity contribution < 1.29 is 14.3 Å². The van der Waals surface area contributed by atoms with Crippen molar-refractivity contribution >= 4 is 12.4 Å². The number of aromatic nitrogens is 2. The first-order chi connectivity index (χ1) is 8.23. The molecule has 1 unspecified atom stereocenters. The number of carbonyl (C=O) groups excluding carboxylic acids is 2. The molecule has 18 heavy (non-hydrogen) atoms. The van der Waals surface area contributed by atoms with E-state index >= 15 is 0 Å². The molecule has 0 spiro atoms. The maximum absolute atomic E-state index is 11.6. The van der Waals surface area contributed by atoms with E-state index in [1.807, 2.05) is 0 Å². The molecular weight excluding hydrogens is 234 g/mol. The van der Waals surface area contributed by atoms with Crippen LogP contribution in [0.2, 0.25) is 0 Å². The summed E-state index contributed by atoms with van der Waals surface area (Å²) in [7, 11) is 1.76. The number of hydrogen-bond acceptors (Lipinski definition) is 4. The highest BCUT2D eigenvalue weighted by molar-refractivity contribution is 5.74. The molecule has 0 aliphatic carbocycles. The lowest BCUT2D eigenvalue weighted by molar-refractivity contribution is -0.109. The maximum Gasteiger partial charge on any atom is 0.408 e. The van der Waals surface area contributed by atoms with E-state index in [0.717, 1.165) is 0 Å². The Hall–Kier alpha value is -1.85. The number of carbonyl (C=O) groups is 2. The zero-order chi connectivity index (χ0) is 13.9. The number of hydrogen-bond donors (Lipinski definition) is 1. The number of aldehydes is 1. The first-order valence-corrected chi connectivity index (χ1v) is 5.68. The van der Waals surface area contributed by atoms with E-state index in [-0.39, 0.29) is 0 Å². The van der Waals surface area contributed by atoms with Gasteiger partial charge in [-0.05, 0) is 27.7 Å². The average Bonchev–Trinajstić information content (AvgIpc) is 2.51. The number of aryl methyl sites for hydroxylation is 2. The molecule has 0 saturated carbocycles. The SMILES string of the molecule is Cc1nn(C)cc1C(C=O)NC(=O)OC(C)(C)C. The molecule has 0 fully saturated rings. The second-order valence-corrected chi connectivity index (χ2v) is 5.10. The van der Waals surface area contributed by atoms with Gasteiger partial charge in [-0.1, -0.05) is 0 Å². The van der Waals surface area contributed by atoms with Crippen LogP contribution in [0, 0.1) is 6.92 Å². The molecule has 1 rings (SSSR count). The van der Waals surface area contributed by atoms with Crippen LogP contribution in [-0.2, 0) is 16.6 Å². The highest BCUT2D eigenvalue weighted by Crippen LogP contribution is 2.15. The number of nitrogens with one attached hydrogen (secondary N) is 1. The Bertz CT molecular complexity index is 446. The summed E-state index contributed by atoms with van der Waals surface area (Å²) in [5.74, 6) is 0. The van der Waals surface area contributed by atoms with Gasteiger partial charge in [-0.2, -0.15) is 5.10 Å². The fraction of sp³-hybridized carbons (Fsp3) is 0.583. The fourth-order valence-corrected chi connectivity index (χ4v) is 1.54. The molecule has 1 amide bonds. The zero-order valence-corrected chi connectivity index (χ0v) is 11.4. The molecule has 100 valence electrons. The number of amides is 1. The number of alkyl carbamates (subject to hydrolysis) is 1. The van der Waals surface area contributed by atoms with Crippen molar-refractivity contribution in [1.82, 2.24) is 15.1 Å². The van der Waals surface area contributed by atoms with Crippen molar-refractivity contribution in [2.24, 2.45) is 7.05 Å². The lowest BCUT2D eigenvalue weighted by atomic mass is 10.1. The second-order valence-electron chi connectivity index (χ2n) is 5.10. The highest BCUT2D eigenvalue weighted by Gasteiger charge is 2.22. The van der Waals surface area contributed by atoms with Crippen LogP contribution in [0.15, 0.2) is 6.20 Å². The summed E-state index contributed by atoms with van der Waals surface area (Å²) in [6, 6.07) is -0.742. The average molecular weight is 253 g/mol. The molecule has 1 aromatic heterocycles. The summed E-state index contributed by atoms with van der Waals surface area (Å²) in [5, 5.41) is 6.64. The van der Waals surface area contributed by atoms with Crippen molar-refractivity contribution in [1.29, 1.82) is 0 Å². The summed E-state index contributed by atoms with van der Waals surface area (Å²) in [5.41, 5.74) is 0.769. The zero-order valence-electron chi connectivity index (χ0n) is 11.4. The van der Waals surface area contributed by atoms with Crippen LogP contribution < -0.4 is 5.32 Å². The number of rotatable bonds is 3. The summed E-state index contributed by atoms with van der Waals surface area (Å²) in [6.07, 6.45) is 1.74. The van der Waals surface area contributed by atoms with Crippen LogP contribution >= 0.6 is 0 Å². The largest absolute Gasteiger partial charge is 0.444 e. The third-order valence-corrected chi connectivity index (χ3v) is 2.19. The molecule has 1 N–H and O–H groups in total. The van der Waals surface area contributed by atoms with Gasteiger partial charge in [-0.25, -0.2) is 4.79 Å². The summed E-state index contributed by atoms with van der Waals surface area (Å²) in [4.78, 5) is 22.7. The van der Waals surface area contributed by atoms with E-state index in [1.54, 1.807) is 45.6 Å². The quantitative estimate of drug-likeness (QED) is 0.828. The molecule has 1 atom stereocenters. The summed E-state index contributed by atoms with van der Waals surface area (Å²) < 4.78 is 6.70. The molecule has 6 nitrogen and oxygen atoms in total. The Morgan fingerprint density at radius 3 is 2.56 bits per heavy atom. The molecule has 0 bridgehead atoms. The van der Waals surface area contributed by atoms with Crippen LogP contribution in [0.3, 0.4) is 0 Å². The molecule has 1 heterocycles. The summed E-state index contributed by atoms with van der Waals surface area (Å²) >= 11 is 0. The standard InChI is InChI=1S/C12H19N3O3/c1-8-9(6-15(5)14-8)10(7-16)13-11(17)18-12(2,3)4/h6-7,10H,1-5H3,(H,13,17). The van der Waals surface area contributed by atoms with Crippen molar-refractivity contribution in [2.45, 2.75) is 39.3 Å². The van der Waals surface area contributed by atoms with Gasteiger partial charge < -0.3 is 14.8 Å². The minimum Gasteiger partial charge on any atom is -0.444 e. The van der Waals surface area contributed by atoms with Gasteiger partial charge in [-0.15, -0.1) is 0 Å². The topological polar surface area (TPSA) is 73.2 Å². The van der Waals surface area contributed by atoms with Gasteiger partial charge in [0.15, 0.2) is 0 Å². The first-order valence-electron chi connectivity index (χ1n) is 5.68. The van der Waals surface area contributed by atoms with Gasteiger partial charge in [0.25, 0.3) is 0 Å². The Morgan fingerprint density at radius 1 is 1.56 bits per heavy atom. The van der Waals surface area contributed by atoms with Crippen LogP contribution in [0.4, 0.5) is 4.79 Å². The fourth-order valence-electron chi connectivity index (χ4n) is 1.54. The van der Waals surface area contributed by atoms with Gasteiger partial charge in [0.05, 0.1) is 5.69 Å². The lowest BCUT2D eigenvalue weighted by Gasteiger charge is -2.21. The number of nitrogens with zero attached hydrogens (tertiary/aromatic N) is 2. The van der Waals surface area contributed by atoms with Crippen molar-refractivity contribution in [3.8, 4) is 0 Å². The van der Waals surface area contributed by atoms with Crippen LogP contribution in [0.25, 0.3) is 0 Å². The second kappa shape index (κ2) is 5.20. The Labute approximate surface area is 106 Å². The Kier molecular flexibility index (Phi) is 4.11. The molecule has 0 radical (unpaired) electrons. The minimum atomic E-state index is -0.742. The molecule has 0 aliphatic rings. The predicted molar refractivity (Wildman–Crippen MR) is 66.1 cm³/mol. The highest BCUT2D eigenvalue weighted by atomic mass is 16.6. The van der Waals surface area contributed by atoms with Gasteiger partial charge in [0.1, 0.15) is 17.9 Å². The van der Waals surface area contributed by atoms with E-state index in [1.165, 1.54) is 0 Å². The molecule has 0 aliphatic heterocycles. The smallest absolute Gasteiger partial charge is 0.408 e. The van der Waals surface area contributed by atoms with Gasteiger partial charge in [0, 0.05) is 18.8 Å². The first kappa shape index (κ1) is 14.2.